The first kappa shape index (κ1) is 18.6. The summed E-state index contributed by atoms with van der Waals surface area (Å²) in [6.45, 7) is 1.66. The van der Waals surface area contributed by atoms with Crippen LogP contribution in [0.1, 0.15) is 29.3 Å². The van der Waals surface area contributed by atoms with Gasteiger partial charge in [0.25, 0.3) is 5.91 Å². The summed E-state index contributed by atoms with van der Waals surface area (Å²) < 4.78 is 5.32. The highest BCUT2D eigenvalue weighted by Gasteiger charge is 2.27. The maximum atomic E-state index is 12.6. The minimum Gasteiger partial charge on any atom is -0.495 e. The Balaban J connectivity index is 1.79. The molecular formula is C24H20N2O3. The highest BCUT2D eigenvalue weighted by molar-refractivity contribution is 6.35. The number of H-pyrrole nitrogens is 1. The molecule has 1 aliphatic heterocycles. The summed E-state index contributed by atoms with van der Waals surface area (Å²) in [7, 11) is 1.58. The topological polar surface area (TPSA) is 74.4 Å². The molecule has 1 unspecified atom stereocenters. The predicted octanol–water partition coefficient (Wildman–Crippen LogP) is 3.78. The molecule has 2 aromatic carbocycles. The van der Waals surface area contributed by atoms with E-state index in [1.165, 1.54) is 0 Å². The summed E-state index contributed by atoms with van der Waals surface area (Å²) >= 11 is 0. The van der Waals surface area contributed by atoms with Gasteiger partial charge in [0.15, 0.2) is 0 Å². The number of carbonyl (C=O) groups is 1. The van der Waals surface area contributed by atoms with E-state index < -0.39 is 5.60 Å². The van der Waals surface area contributed by atoms with Crippen molar-refractivity contribution in [2.75, 3.05) is 12.4 Å². The van der Waals surface area contributed by atoms with E-state index in [9.17, 15) is 9.90 Å². The summed E-state index contributed by atoms with van der Waals surface area (Å²) in [5, 5.41) is 13.7. The van der Waals surface area contributed by atoms with Crippen LogP contribution < -0.4 is 10.1 Å². The van der Waals surface area contributed by atoms with Gasteiger partial charge in [-0.3, -0.25) is 4.79 Å². The number of benzene rings is 2. The van der Waals surface area contributed by atoms with E-state index in [0.717, 1.165) is 0 Å². The van der Waals surface area contributed by atoms with Crippen molar-refractivity contribution in [3.63, 3.8) is 0 Å². The average Bonchev–Trinajstić information content (AvgIpc) is 3.31. The van der Waals surface area contributed by atoms with Crippen LogP contribution in [0.15, 0.2) is 60.8 Å². The Labute approximate surface area is 169 Å². The van der Waals surface area contributed by atoms with Crippen molar-refractivity contribution in [3.8, 4) is 17.6 Å². The van der Waals surface area contributed by atoms with Crippen LogP contribution in [0.5, 0.6) is 5.75 Å². The number of aromatic amines is 1. The van der Waals surface area contributed by atoms with Crippen LogP contribution >= 0.6 is 0 Å². The Morgan fingerprint density at radius 1 is 1.10 bits per heavy atom. The second-order valence-corrected chi connectivity index (χ2v) is 6.89. The number of aliphatic hydroxyl groups is 1. The fraction of sp³-hybridized carbons (Fsp3) is 0.125. The van der Waals surface area contributed by atoms with Crippen molar-refractivity contribution in [1.29, 1.82) is 0 Å². The molecule has 1 atom stereocenters. The molecular weight excluding hydrogens is 364 g/mol. The largest absolute Gasteiger partial charge is 0.495 e. The molecule has 0 saturated carbocycles. The number of ether oxygens (including phenoxy) is 1. The third-order valence-electron chi connectivity index (χ3n) is 4.85. The predicted molar refractivity (Wildman–Crippen MR) is 113 cm³/mol. The van der Waals surface area contributed by atoms with Crippen LogP contribution in [-0.2, 0) is 10.4 Å². The molecule has 1 aliphatic rings. The second kappa shape index (κ2) is 7.34. The normalized spacial score (nSPS) is 15.8. The summed E-state index contributed by atoms with van der Waals surface area (Å²) in [6, 6.07) is 16.6. The van der Waals surface area contributed by atoms with Gasteiger partial charge in [0, 0.05) is 17.3 Å². The van der Waals surface area contributed by atoms with Gasteiger partial charge in [0.2, 0.25) is 0 Å². The first-order valence-electron chi connectivity index (χ1n) is 9.18. The molecule has 0 bridgehead atoms. The Morgan fingerprint density at radius 3 is 2.66 bits per heavy atom. The van der Waals surface area contributed by atoms with Gasteiger partial charge in [-0.05, 0) is 36.8 Å². The first-order chi connectivity index (χ1) is 14.0. The summed E-state index contributed by atoms with van der Waals surface area (Å²) in [4.78, 5) is 15.7. The van der Waals surface area contributed by atoms with Crippen molar-refractivity contribution in [2.24, 2.45) is 0 Å². The average molecular weight is 384 g/mol. The molecule has 1 amide bonds. The van der Waals surface area contributed by atoms with Gasteiger partial charge in [-0.1, -0.05) is 48.2 Å². The third kappa shape index (κ3) is 3.54. The number of hydrogen-bond donors (Lipinski definition) is 3. The Morgan fingerprint density at radius 2 is 1.90 bits per heavy atom. The highest BCUT2D eigenvalue weighted by Crippen LogP contribution is 2.36. The van der Waals surface area contributed by atoms with Crippen LogP contribution in [0.2, 0.25) is 0 Å². The minimum absolute atomic E-state index is 0.208. The number of anilines is 1. The van der Waals surface area contributed by atoms with E-state index in [1.54, 1.807) is 32.4 Å². The van der Waals surface area contributed by atoms with Crippen molar-refractivity contribution in [1.82, 2.24) is 4.98 Å². The monoisotopic (exact) mass is 384 g/mol. The molecule has 5 heteroatoms. The summed E-state index contributed by atoms with van der Waals surface area (Å²) in [5.74, 6) is 6.45. The molecule has 5 nitrogen and oxygen atoms in total. The number of rotatable bonds is 3. The maximum absolute atomic E-state index is 12.6. The molecule has 0 saturated heterocycles. The van der Waals surface area contributed by atoms with Gasteiger partial charge in [-0.25, -0.2) is 0 Å². The molecule has 0 radical (unpaired) electrons. The zero-order valence-corrected chi connectivity index (χ0v) is 16.1. The number of nitrogens with one attached hydrogen (secondary N) is 2. The molecule has 3 N–H and O–H groups in total. The molecule has 0 fully saturated rings. The smallest absolute Gasteiger partial charge is 0.256 e. The van der Waals surface area contributed by atoms with Crippen molar-refractivity contribution >= 4 is 23.2 Å². The fourth-order valence-corrected chi connectivity index (χ4v) is 3.32. The fourth-order valence-electron chi connectivity index (χ4n) is 3.32. The Hall–Kier alpha value is -3.75. The number of aromatic nitrogens is 1. The summed E-state index contributed by atoms with van der Waals surface area (Å²) in [5.41, 5.74) is 2.65. The highest BCUT2D eigenvalue weighted by atomic mass is 16.5. The SMILES string of the molecule is COc1cc[nH]c1/C=C1\C(=O)Nc2cccc(C#CC(C)(O)c3ccccc3)c21. The van der Waals surface area contributed by atoms with E-state index in [2.05, 4.69) is 22.1 Å². The lowest BCUT2D eigenvalue weighted by Crippen LogP contribution is -2.18. The quantitative estimate of drug-likeness (QED) is 0.475. The van der Waals surface area contributed by atoms with Crippen molar-refractivity contribution < 1.29 is 14.6 Å². The van der Waals surface area contributed by atoms with Crippen LogP contribution in [0.25, 0.3) is 11.6 Å². The van der Waals surface area contributed by atoms with Gasteiger partial charge in [0.05, 0.1) is 24.1 Å². The van der Waals surface area contributed by atoms with E-state index in [1.807, 2.05) is 48.5 Å². The van der Waals surface area contributed by atoms with E-state index in [4.69, 9.17) is 4.74 Å². The van der Waals surface area contributed by atoms with Crippen LogP contribution in [0.3, 0.4) is 0 Å². The molecule has 144 valence electrons. The van der Waals surface area contributed by atoms with E-state index >= 15 is 0 Å². The molecule has 1 aromatic heterocycles. The van der Waals surface area contributed by atoms with Gasteiger partial charge in [0.1, 0.15) is 11.4 Å². The number of hydrogen-bond acceptors (Lipinski definition) is 3. The van der Waals surface area contributed by atoms with Crippen LogP contribution in [-0.4, -0.2) is 23.1 Å². The lowest BCUT2D eigenvalue weighted by Gasteiger charge is -2.16. The summed E-state index contributed by atoms with van der Waals surface area (Å²) in [6.07, 6.45) is 3.50. The Kier molecular flexibility index (Phi) is 4.71. The lowest BCUT2D eigenvalue weighted by molar-refractivity contribution is -0.110. The van der Waals surface area contributed by atoms with Crippen molar-refractivity contribution in [2.45, 2.75) is 12.5 Å². The molecule has 3 aromatic rings. The zero-order chi connectivity index (χ0) is 20.4. The lowest BCUT2D eigenvalue weighted by atomic mass is 9.95. The van der Waals surface area contributed by atoms with E-state index in [0.29, 0.717) is 39.4 Å². The number of fused-ring (bicyclic) bond motifs is 1. The first-order valence-corrected chi connectivity index (χ1v) is 9.18. The van der Waals surface area contributed by atoms with Crippen molar-refractivity contribution in [3.05, 3.63) is 83.2 Å². The zero-order valence-electron chi connectivity index (χ0n) is 16.1. The number of amides is 1. The maximum Gasteiger partial charge on any atom is 0.256 e. The molecule has 4 rings (SSSR count). The minimum atomic E-state index is -1.31. The van der Waals surface area contributed by atoms with Crippen LogP contribution in [0, 0.1) is 11.8 Å². The van der Waals surface area contributed by atoms with E-state index in [-0.39, 0.29) is 5.91 Å². The van der Waals surface area contributed by atoms with Gasteiger partial charge in [-0.2, -0.15) is 0 Å². The second-order valence-electron chi connectivity index (χ2n) is 6.89. The van der Waals surface area contributed by atoms with Gasteiger partial charge >= 0.3 is 0 Å². The number of carbonyl (C=O) groups excluding carboxylic acids is 1. The molecule has 0 spiro atoms. The van der Waals surface area contributed by atoms with Gasteiger partial charge in [-0.15, -0.1) is 0 Å². The molecule has 29 heavy (non-hydrogen) atoms. The van der Waals surface area contributed by atoms with Gasteiger partial charge < -0.3 is 20.1 Å². The third-order valence-corrected chi connectivity index (χ3v) is 4.85. The Bertz CT molecular complexity index is 1160. The number of methoxy groups -OCH3 is 1. The molecule has 2 heterocycles. The standard InChI is InChI=1S/C24H20N2O3/c1-24(28,17-8-4-3-5-9-17)13-11-16-7-6-10-19-22(16)18(23(27)26-19)15-20-21(29-2)12-14-25-20/h3-10,12,14-15,25,28H,1-2H3,(H,26,27)/b18-15-. The molecule has 0 aliphatic carbocycles. The van der Waals surface area contributed by atoms with Crippen LogP contribution in [0.4, 0.5) is 5.69 Å².